The van der Waals surface area contributed by atoms with Crippen LogP contribution in [0.3, 0.4) is 0 Å². The van der Waals surface area contributed by atoms with Crippen LogP contribution in [-0.2, 0) is 0 Å². The maximum atomic E-state index is 11.2. The molecule has 5 nitrogen and oxygen atoms in total. The minimum Gasteiger partial charge on any atom is -0.341 e. The Morgan fingerprint density at radius 1 is 1.50 bits per heavy atom. The first-order valence-electron chi connectivity index (χ1n) is 5.00. The van der Waals surface area contributed by atoms with Gasteiger partial charge in [-0.1, -0.05) is 0 Å². The van der Waals surface area contributed by atoms with Crippen LogP contribution in [0.1, 0.15) is 12.8 Å². The van der Waals surface area contributed by atoms with Gasteiger partial charge in [-0.3, -0.25) is 0 Å². The van der Waals surface area contributed by atoms with Crippen molar-refractivity contribution in [3.63, 3.8) is 0 Å². The summed E-state index contributed by atoms with van der Waals surface area (Å²) in [5, 5.41) is 5.51. The fraction of sp³-hybridized carbons (Fsp3) is 0.889. The second-order valence-electron chi connectivity index (χ2n) is 3.99. The van der Waals surface area contributed by atoms with Gasteiger partial charge in [0, 0.05) is 26.7 Å². The third-order valence-electron chi connectivity index (χ3n) is 2.94. The van der Waals surface area contributed by atoms with Crippen molar-refractivity contribution >= 4 is 6.03 Å². The molecule has 1 heterocycles. The zero-order chi connectivity index (χ0) is 10.6. The van der Waals surface area contributed by atoms with E-state index in [0.29, 0.717) is 6.54 Å². The molecule has 1 saturated heterocycles. The van der Waals surface area contributed by atoms with E-state index < -0.39 is 0 Å². The van der Waals surface area contributed by atoms with E-state index in [1.54, 1.807) is 7.05 Å². The molecule has 0 aromatic rings. The van der Waals surface area contributed by atoms with Gasteiger partial charge in [0.25, 0.3) is 0 Å². The van der Waals surface area contributed by atoms with Gasteiger partial charge in [-0.2, -0.15) is 0 Å². The summed E-state index contributed by atoms with van der Waals surface area (Å²) in [6, 6.07) is -0.139. The van der Waals surface area contributed by atoms with E-state index >= 15 is 0 Å². The van der Waals surface area contributed by atoms with E-state index in [9.17, 15) is 4.79 Å². The molecule has 1 rings (SSSR count). The monoisotopic (exact) mass is 200 g/mol. The molecule has 0 saturated carbocycles. The van der Waals surface area contributed by atoms with Gasteiger partial charge in [-0.15, -0.1) is 0 Å². The number of hydrogen-bond donors (Lipinski definition) is 3. The van der Waals surface area contributed by atoms with Crippen LogP contribution in [0.4, 0.5) is 4.79 Å². The molecule has 5 heteroatoms. The molecule has 0 aromatic heterocycles. The lowest BCUT2D eigenvalue weighted by Crippen LogP contribution is -2.60. The molecular formula is C9H20N4O. The lowest BCUT2D eigenvalue weighted by atomic mass is 9.88. The highest BCUT2D eigenvalue weighted by molar-refractivity contribution is 5.74. The number of nitrogens with one attached hydrogen (secondary N) is 2. The molecule has 82 valence electrons. The lowest BCUT2D eigenvalue weighted by Gasteiger charge is -2.40. The van der Waals surface area contributed by atoms with Crippen molar-refractivity contribution in [1.29, 1.82) is 0 Å². The third-order valence-corrected chi connectivity index (χ3v) is 2.94. The van der Waals surface area contributed by atoms with Gasteiger partial charge in [0.1, 0.15) is 0 Å². The molecular weight excluding hydrogens is 180 g/mol. The Balaban J connectivity index is 2.54. The van der Waals surface area contributed by atoms with Crippen molar-refractivity contribution in [1.82, 2.24) is 15.5 Å². The average Bonchev–Trinajstić information content (AvgIpc) is 2.22. The highest BCUT2D eigenvalue weighted by Gasteiger charge is 2.33. The van der Waals surface area contributed by atoms with Crippen molar-refractivity contribution in [3.05, 3.63) is 0 Å². The molecule has 1 fully saturated rings. The number of nitrogens with two attached hydrogens (primary N) is 1. The smallest absolute Gasteiger partial charge is 0.315 e. The van der Waals surface area contributed by atoms with Crippen LogP contribution >= 0.6 is 0 Å². The minimum atomic E-state index is -0.202. The van der Waals surface area contributed by atoms with E-state index in [1.807, 2.05) is 0 Å². The van der Waals surface area contributed by atoms with Crippen molar-refractivity contribution in [2.24, 2.45) is 5.73 Å². The molecule has 0 bridgehead atoms. The number of nitrogens with zero attached hydrogens (tertiary/aromatic N) is 1. The first-order chi connectivity index (χ1) is 6.62. The second-order valence-corrected chi connectivity index (χ2v) is 3.99. The Labute approximate surface area is 85.0 Å². The molecule has 0 spiro atoms. The number of urea groups is 1. The van der Waals surface area contributed by atoms with Crippen molar-refractivity contribution in [2.45, 2.75) is 18.4 Å². The van der Waals surface area contributed by atoms with Crippen molar-refractivity contribution in [3.8, 4) is 0 Å². The molecule has 4 N–H and O–H groups in total. The fourth-order valence-corrected chi connectivity index (χ4v) is 1.73. The van der Waals surface area contributed by atoms with Crippen LogP contribution in [0.2, 0.25) is 0 Å². The van der Waals surface area contributed by atoms with E-state index in [4.69, 9.17) is 5.73 Å². The Hall–Kier alpha value is -0.810. The predicted octanol–water partition coefficient (Wildman–Crippen LogP) is -0.661. The minimum absolute atomic E-state index is 0.139. The highest BCUT2D eigenvalue weighted by atomic mass is 16.2. The highest BCUT2D eigenvalue weighted by Crippen LogP contribution is 2.19. The molecule has 0 aromatic carbocycles. The topological polar surface area (TPSA) is 70.4 Å². The molecule has 1 aliphatic heterocycles. The number of carbonyl (C=O) groups excluding carboxylic acids is 1. The van der Waals surface area contributed by atoms with Gasteiger partial charge >= 0.3 is 6.03 Å². The third kappa shape index (κ3) is 2.59. The van der Waals surface area contributed by atoms with Crippen LogP contribution in [-0.4, -0.2) is 50.2 Å². The largest absolute Gasteiger partial charge is 0.341 e. The summed E-state index contributed by atoms with van der Waals surface area (Å²) in [5.41, 5.74) is 5.52. The standard InChI is InChI=1S/C9H20N4O/c1-11-8(14)12-9(7-10)3-5-13(2)6-4-9/h3-7,10H2,1-2H3,(H2,11,12,14). The van der Waals surface area contributed by atoms with Gasteiger partial charge in [0.05, 0.1) is 5.54 Å². The van der Waals surface area contributed by atoms with Crippen molar-refractivity contribution in [2.75, 3.05) is 33.7 Å². The summed E-state index contributed by atoms with van der Waals surface area (Å²) < 4.78 is 0. The molecule has 0 unspecified atom stereocenters. The summed E-state index contributed by atoms with van der Waals surface area (Å²) in [7, 11) is 3.70. The number of amides is 2. The van der Waals surface area contributed by atoms with E-state index in [-0.39, 0.29) is 11.6 Å². The normalized spacial score (nSPS) is 21.6. The van der Waals surface area contributed by atoms with Gasteiger partial charge < -0.3 is 21.3 Å². The lowest BCUT2D eigenvalue weighted by molar-refractivity contribution is 0.162. The molecule has 1 aliphatic rings. The quantitative estimate of drug-likeness (QED) is 0.554. The van der Waals surface area contributed by atoms with Gasteiger partial charge in [-0.05, 0) is 19.9 Å². The first kappa shape index (κ1) is 11.3. The number of piperidine rings is 1. The molecule has 0 atom stereocenters. The van der Waals surface area contributed by atoms with Crippen LogP contribution in [0.5, 0.6) is 0 Å². The molecule has 0 radical (unpaired) electrons. The number of carbonyl (C=O) groups is 1. The summed E-state index contributed by atoms with van der Waals surface area (Å²) in [4.78, 5) is 13.5. The second kappa shape index (κ2) is 4.61. The van der Waals surface area contributed by atoms with Crippen LogP contribution < -0.4 is 16.4 Å². The van der Waals surface area contributed by atoms with E-state index in [0.717, 1.165) is 25.9 Å². The predicted molar refractivity (Wildman–Crippen MR) is 56.1 cm³/mol. The average molecular weight is 200 g/mol. The van der Waals surface area contributed by atoms with Crippen LogP contribution in [0.15, 0.2) is 0 Å². The Morgan fingerprint density at radius 2 is 2.07 bits per heavy atom. The zero-order valence-corrected chi connectivity index (χ0v) is 8.97. The Morgan fingerprint density at radius 3 is 2.50 bits per heavy atom. The van der Waals surface area contributed by atoms with Gasteiger partial charge in [0.15, 0.2) is 0 Å². The summed E-state index contributed by atoms with van der Waals surface area (Å²) in [6.45, 7) is 2.48. The fourth-order valence-electron chi connectivity index (χ4n) is 1.73. The molecule has 2 amide bonds. The van der Waals surface area contributed by atoms with E-state index in [2.05, 4.69) is 22.6 Å². The summed E-state index contributed by atoms with van der Waals surface area (Å²) in [5.74, 6) is 0. The number of rotatable bonds is 2. The first-order valence-corrected chi connectivity index (χ1v) is 5.00. The Kier molecular flexibility index (Phi) is 3.71. The number of likely N-dealkylation sites (tertiary alicyclic amines) is 1. The zero-order valence-electron chi connectivity index (χ0n) is 8.97. The van der Waals surface area contributed by atoms with Crippen LogP contribution in [0.25, 0.3) is 0 Å². The molecule has 0 aliphatic carbocycles. The Bertz CT molecular complexity index is 199. The summed E-state index contributed by atoms with van der Waals surface area (Å²) in [6.07, 6.45) is 1.85. The summed E-state index contributed by atoms with van der Waals surface area (Å²) >= 11 is 0. The maximum Gasteiger partial charge on any atom is 0.315 e. The maximum absolute atomic E-state index is 11.2. The van der Waals surface area contributed by atoms with E-state index in [1.165, 1.54) is 0 Å². The van der Waals surface area contributed by atoms with Crippen LogP contribution in [0, 0.1) is 0 Å². The molecule has 14 heavy (non-hydrogen) atoms. The van der Waals surface area contributed by atoms with Crippen molar-refractivity contribution < 1.29 is 4.79 Å². The number of hydrogen-bond acceptors (Lipinski definition) is 3. The van der Waals surface area contributed by atoms with Gasteiger partial charge in [0.2, 0.25) is 0 Å². The SMILES string of the molecule is CNC(=O)NC1(CN)CCN(C)CC1. The van der Waals surface area contributed by atoms with Gasteiger partial charge in [-0.25, -0.2) is 4.79 Å².